The number of hydrogen-bond donors (Lipinski definition) is 2. The van der Waals surface area contributed by atoms with E-state index in [2.05, 4.69) is 5.32 Å². The summed E-state index contributed by atoms with van der Waals surface area (Å²) in [6.45, 7) is 0.886. The van der Waals surface area contributed by atoms with Gasteiger partial charge in [0.15, 0.2) is 0 Å². The first kappa shape index (κ1) is 13.3. The summed E-state index contributed by atoms with van der Waals surface area (Å²) in [5.41, 5.74) is 0.965. The van der Waals surface area contributed by atoms with Gasteiger partial charge in [-0.3, -0.25) is 0 Å². The molecule has 0 fully saturated rings. The number of carbonyl (C=O) groups is 1. The zero-order chi connectivity index (χ0) is 12.7. The van der Waals surface area contributed by atoms with Crippen LogP contribution in [0.25, 0.3) is 6.08 Å². The lowest BCUT2D eigenvalue weighted by atomic mass is 10.1. The Kier molecular flexibility index (Phi) is 5.23. The van der Waals surface area contributed by atoms with Crippen LogP contribution in [0, 0.1) is 0 Å². The molecule has 4 nitrogen and oxygen atoms in total. The zero-order valence-corrected chi connectivity index (χ0v) is 10.1. The molecular formula is C13H17NO3. The SMILES string of the molecule is CNCCC=Cc1cccc(C(=O)O)c1OC. The van der Waals surface area contributed by atoms with Crippen molar-refractivity contribution in [3.05, 3.63) is 35.4 Å². The number of para-hydroxylation sites is 1. The predicted molar refractivity (Wildman–Crippen MR) is 67.5 cm³/mol. The van der Waals surface area contributed by atoms with E-state index in [1.807, 2.05) is 25.3 Å². The maximum Gasteiger partial charge on any atom is 0.339 e. The van der Waals surface area contributed by atoms with Gasteiger partial charge in [0.25, 0.3) is 0 Å². The summed E-state index contributed by atoms with van der Waals surface area (Å²) in [4.78, 5) is 11.0. The Labute approximate surface area is 101 Å². The molecule has 0 aromatic heterocycles. The number of methoxy groups -OCH3 is 1. The van der Waals surface area contributed by atoms with Crippen LogP contribution in [0.1, 0.15) is 22.3 Å². The Morgan fingerprint density at radius 2 is 2.29 bits per heavy atom. The first-order chi connectivity index (χ1) is 8.20. The molecule has 17 heavy (non-hydrogen) atoms. The van der Waals surface area contributed by atoms with Crippen LogP contribution >= 0.6 is 0 Å². The van der Waals surface area contributed by atoms with Crippen molar-refractivity contribution in [3.63, 3.8) is 0 Å². The molecule has 0 aliphatic rings. The second kappa shape index (κ2) is 6.70. The van der Waals surface area contributed by atoms with Gasteiger partial charge in [-0.25, -0.2) is 4.79 Å². The Morgan fingerprint density at radius 1 is 1.53 bits per heavy atom. The molecule has 0 atom stereocenters. The highest BCUT2D eigenvalue weighted by atomic mass is 16.5. The monoisotopic (exact) mass is 235 g/mol. The molecule has 2 N–H and O–H groups in total. The molecule has 0 aliphatic heterocycles. The lowest BCUT2D eigenvalue weighted by Gasteiger charge is -2.08. The molecule has 0 amide bonds. The van der Waals surface area contributed by atoms with Gasteiger partial charge in [0, 0.05) is 5.56 Å². The quantitative estimate of drug-likeness (QED) is 0.740. The molecule has 0 aliphatic carbocycles. The average Bonchev–Trinajstić information content (AvgIpc) is 2.34. The molecule has 0 bridgehead atoms. The smallest absolute Gasteiger partial charge is 0.339 e. The standard InChI is InChI=1S/C13H17NO3/c1-14-9-4-3-6-10-7-5-8-11(13(15)16)12(10)17-2/h3,5-8,14H,4,9H2,1-2H3,(H,15,16). The van der Waals surface area contributed by atoms with Crippen molar-refractivity contribution >= 4 is 12.0 Å². The molecule has 1 rings (SSSR count). The van der Waals surface area contributed by atoms with Crippen LogP contribution < -0.4 is 10.1 Å². The van der Waals surface area contributed by atoms with Gasteiger partial charge in [-0.05, 0) is 26.1 Å². The summed E-state index contributed by atoms with van der Waals surface area (Å²) in [5.74, 6) is -0.576. The normalized spacial score (nSPS) is 10.7. The largest absolute Gasteiger partial charge is 0.495 e. The Hall–Kier alpha value is -1.81. The van der Waals surface area contributed by atoms with E-state index in [0.717, 1.165) is 18.5 Å². The lowest BCUT2D eigenvalue weighted by Crippen LogP contribution is -2.05. The van der Waals surface area contributed by atoms with Crippen LogP contribution in [0.5, 0.6) is 5.75 Å². The van der Waals surface area contributed by atoms with Crippen LogP contribution in [0.2, 0.25) is 0 Å². The average molecular weight is 235 g/mol. The summed E-state index contributed by atoms with van der Waals surface area (Å²) < 4.78 is 5.15. The highest BCUT2D eigenvalue weighted by Gasteiger charge is 2.12. The van der Waals surface area contributed by atoms with Crippen molar-refractivity contribution in [2.24, 2.45) is 0 Å². The van der Waals surface area contributed by atoms with Crippen molar-refractivity contribution in [2.45, 2.75) is 6.42 Å². The van der Waals surface area contributed by atoms with Gasteiger partial charge >= 0.3 is 5.97 Å². The van der Waals surface area contributed by atoms with Gasteiger partial charge in [0.1, 0.15) is 11.3 Å². The van der Waals surface area contributed by atoms with Crippen LogP contribution in [-0.4, -0.2) is 31.8 Å². The number of rotatable bonds is 6. The van der Waals surface area contributed by atoms with Gasteiger partial charge in [0.2, 0.25) is 0 Å². The van der Waals surface area contributed by atoms with Crippen molar-refractivity contribution in [1.82, 2.24) is 5.32 Å². The summed E-state index contributed by atoms with van der Waals surface area (Å²) in [6, 6.07) is 5.08. The number of ether oxygens (including phenoxy) is 1. The number of carboxylic acids is 1. The maximum absolute atomic E-state index is 11.0. The van der Waals surface area contributed by atoms with E-state index in [4.69, 9.17) is 9.84 Å². The zero-order valence-electron chi connectivity index (χ0n) is 10.1. The molecule has 4 heteroatoms. The molecule has 1 aromatic carbocycles. The number of benzene rings is 1. The van der Waals surface area contributed by atoms with E-state index >= 15 is 0 Å². The van der Waals surface area contributed by atoms with E-state index in [9.17, 15) is 4.79 Å². The third-order valence-electron chi connectivity index (χ3n) is 2.34. The van der Waals surface area contributed by atoms with Crippen molar-refractivity contribution in [2.75, 3.05) is 20.7 Å². The summed E-state index contributed by atoms with van der Waals surface area (Å²) >= 11 is 0. The molecule has 0 saturated heterocycles. The topological polar surface area (TPSA) is 58.6 Å². The van der Waals surface area contributed by atoms with Gasteiger partial charge in [-0.15, -0.1) is 0 Å². The van der Waals surface area contributed by atoms with Crippen molar-refractivity contribution in [1.29, 1.82) is 0 Å². The number of carboxylic acid groups (broad SMARTS) is 1. The van der Waals surface area contributed by atoms with Crippen molar-refractivity contribution < 1.29 is 14.6 Å². The van der Waals surface area contributed by atoms with Gasteiger partial charge in [0.05, 0.1) is 7.11 Å². The minimum absolute atomic E-state index is 0.184. The van der Waals surface area contributed by atoms with Crippen LogP contribution in [-0.2, 0) is 0 Å². The Morgan fingerprint density at radius 3 is 2.88 bits per heavy atom. The summed E-state index contributed by atoms with van der Waals surface area (Å²) in [6.07, 6.45) is 4.75. The molecular weight excluding hydrogens is 218 g/mol. The molecule has 0 heterocycles. The van der Waals surface area contributed by atoms with Crippen LogP contribution in [0.15, 0.2) is 24.3 Å². The van der Waals surface area contributed by atoms with Gasteiger partial charge in [-0.1, -0.05) is 24.3 Å². The first-order valence-corrected chi connectivity index (χ1v) is 5.42. The maximum atomic E-state index is 11.0. The molecule has 0 spiro atoms. The van der Waals surface area contributed by atoms with E-state index in [-0.39, 0.29) is 5.56 Å². The van der Waals surface area contributed by atoms with E-state index in [1.54, 1.807) is 6.07 Å². The lowest BCUT2D eigenvalue weighted by molar-refractivity contribution is 0.0693. The number of nitrogens with one attached hydrogen (secondary N) is 1. The van der Waals surface area contributed by atoms with Crippen LogP contribution in [0.4, 0.5) is 0 Å². The fourth-order valence-corrected chi connectivity index (χ4v) is 1.52. The minimum atomic E-state index is -0.979. The third kappa shape index (κ3) is 3.60. The Bertz CT molecular complexity index is 413. The molecule has 0 saturated carbocycles. The molecule has 0 radical (unpaired) electrons. The number of hydrogen-bond acceptors (Lipinski definition) is 3. The minimum Gasteiger partial charge on any atom is -0.495 e. The summed E-state index contributed by atoms with van der Waals surface area (Å²) in [5, 5.41) is 12.1. The predicted octanol–water partition coefficient (Wildman–Crippen LogP) is 2.02. The summed E-state index contributed by atoms with van der Waals surface area (Å²) in [7, 11) is 3.37. The fraction of sp³-hybridized carbons (Fsp3) is 0.308. The van der Waals surface area contributed by atoms with E-state index in [1.165, 1.54) is 13.2 Å². The highest BCUT2D eigenvalue weighted by Crippen LogP contribution is 2.25. The molecule has 92 valence electrons. The third-order valence-corrected chi connectivity index (χ3v) is 2.34. The molecule has 0 unspecified atom stereocenters. The molecule has 1 aromatic rings. The van der Waals surface area contributed by atoms with Crippen LogP contribution in [0.3, 0.4) is 0 Å². The van der Waals surface area contributed by atoms with Gasteiger partial charge in [-0.2, -0.15) is 0 Å². The first-order valence-electron chi connectivity index (χ1n) is 5.42. The number of aromatic carboxylic acids is 1. The fourth-order valence-electron chi connectivity index (χ4n) is 1.52. The van der Waals surface area contributed by atoms with E-state index < -0.39 is 5.97 Å². The van der Waals surface area contributed by atoms with Crippen molar-refractivity contribution in [3.8, 4) is 5.75 Å². The Balaban J connectivity index is 2.95. The highest BCUT2D eigenvalue weighted by molar-refractivity contribution is 5.92. The second-order valence-electron chi connectivity index (χ2n) is 3.53. The second-order valence-corrected chi connectivity index (χ2v) is 3.53. The van der Waals surface area contributed by atoms with Gasteiger partial charge < -0.3 is 15.2 Å². The van der Waals surface area contributed by atoms with E-state index in [0.29, 0.717) is 5.75 Å².